The van der Waals surface area contributed by atoms with Crippen LogP contribution in [0.3, 0.4) is 0 Å². The van der Waals surface area contributed by atoms with Gasteiger partial charge < -0.3 is 11.1 Å². The second kappa shape index (κ2) is 6.40. The van der Waals surface area contributed by atoms with Crippen molar-refractivity contribution in [2.75, 3.05) is 5.73 Å². The van der Waals surface area contributed by atoms with Crippen LogP contribution in [-0.4, -0.2) is 5.91 Å². The average Bonchev–Trinajstić information content (AvgIpc) is 2.45. The van der Waals surface area contributed by atoms with Crippen molar-refractivity contribution in [3.05, 3.63) is 71.8 Å². The van der Waals surface area contributed by atoms with E-state index >= 15 is 0 Å². The quantitative estimate of drug-likeness (QED) is 0.649. The highest BCUT2D eigenvalue weighted by Gasteiger charge is 1.96. The van der Waals surface area contributed by atoms with Gasteiger partial charge in [0.2, 0.25) is 5.91 Å². The molecule has 0 spiro atoms. The van der Waals surface area contributed by atoms with E-state index in [1.165, 1.54) is 6.08 Å². The van der Waals surface area contributed by atoms with Crippen LogP contribution < -0.4 is 11.1 Å². The number of hydrogen-bond acceptors (Lipinski definition) is 2. The largest absolute Gasteiger partial charge is 0.399 e. The molecule has 0 saturated heterocycles. The predicted molar refractivity (Wildman–Crippen MR) is 78.2 cm³/mol. The molecule has 0 aliphatic heterocycles. The van der Waals surface area contributed by atoms with Gasteiger partial charge in [-0.25, -0.2) is 0 Å². The lowest BCUT2D eigenvalue weighted by Gasteiger charge is -2.02. The Kier molecular flexibility index (Phi) is 4.34. The number of carbonyl (C=O) groups is 1. The Morgan fingerprint density at radius 2 is 1.74 bits per heavy atom. The first-order valence-electron chi connectivity index (χ1n) is 6.09. The van der Waals surface area contributed by atoms with E-state index in [-0.39, 0.29) is 5.91 Å². The lowest BCUT2D eigenvalue weighted by atomic mass is 10.2. The number of benzene rings is 2. The number of amides is 1. The molecule has 3 heteroatoms. The third-order valence-electron chi connectivity index (χ3n) is 2.67. The molecule has 0 atom stereocenters. The van der Waals surface area contributed by atoms with Gasteiger partial charge >= 0.3 is 0 Å². The Labute approximate surface area is 112 Å². The molecular formula is C16H16N2O. The van der Waals surface area contributed by atoms with Crippen LogP contribution in [0, 0.1) is 0 Å². The molecule has 0 aliphatic rings. The summed E-state index contributed by atoms with van der Waals surface area (Å²) in [6.45, 7) is 0.498. The first-order valence-corrected chi connectivity index (χ1v) is 6.09. The molecule has 3 N–H and O–H groups in total. The summed E-state index contributed by atoms with van der Waals surface area (Å²) in [5.74, 6) is -0.110. The van der Waals surface area contributed by atoms with Gasteiger partial charge in [-0.15, -0.1) is 0 Å². The van der Waals surface area contributed by atoms with Crippen molar-refractivity contribution in [2.45, 2.75) is 6.54 Å². The Hall–Kier alpha value is -2.55. The van der Waals surface area contributed by atoms with Crippen molar-refractivity contribution < 1.29 is 4.79 Å². The Morgan fingerprint density at radius 3 is 2.42 bits per heavy atom. The zero-order chi connectivity index (χ0) is 13.5. The van der Waals surface area contributed by atoms with E-state index < -0.39 is 0 Å². The number of nitrogen functional groups attached to an aromatic ring is 1. The molecule has 0 heterocycles. The summed E-state index contributed by atoms with van der Waals surface area (Å²) >= 11 is 0. The predicted octanol–water partition coefficient (Wildman–Crippen LogP) is 2.60. The normalized spacial score (nSPS) is 10.5. The summed E-state index contributed by atoms with van der Waals surface area (Å²) < 4.78 is 0. The molecule has 96 valence electrons. The van der Waals surface area contributed by atoms with Crippen LogP contribution in [0.15, 0.2) is 60.7 Å². The molecule has 0 aromatic heterocycles. The zero-order valence-electron chi connectivity index (χ0n) is 10.5. The zero-order valence-corrected chi connectivity index (χ0v) is 10.5. The van der Waals surface area contributed by atoms with Crippen LogP contribution in [-0.2, 0) is 11.3 Å². The van der Waals surface area contributed by atoms with Gasteiger partial charge in [0.25, 0.3) is 0 Å². The smallest absolute Gasteiger partial charge is 0.244 e. The Balaban J connectivity index is 1.85. The van der Waals surface area contributed by atoms with E-state index in [1.807, 2.05) is 54.6 Å². The minimum atomic E-state index is -0.110. The molecule has 0 unspecified atom stereocenters. The summed E-state index contributed by atoms with van der Waals surface area (Å²) in [6.07, 6.45) is 3.32. The van der Waals surface area contributed by atoms with Crippen molar-refractivity contribution in [3.63, 3.8) is 0 Å². The van der Waals surface area contributed by atoms with Crippen molar-refractivity contribution in [1.82, 2.24) is 5.32 Å². The third-order valence-corrected chi connectivity index (χ3v) is 2.67. The first kappa shape index (κ1) is 12.9. The highest BCUT2D eigenvalue weighted by molar-refractivity contribution is 5.91. The average molecular weight is 252 g/mol. The molecule has 3 nitrogen and oxygen atoms in total. The van der Waals surface area contributed by atoms with Gasteiger partial charge in [-0.05, 0) is 29.3 Å². The molecule has 19 heavy (non-hydrogen) atoms. The van der Waals surface area contributed by atoms with E-state index in [2.05, 4.69) is 5.32 Å². The highest BCUT2D eigenvalue weighted by atomic mass is 16.1. The minimum absolute atomic E-state index is 0.110. The van der Waals surface area contributed by atoms with Crippen LogP contribution in [0.4, 0.5) is 5.69 Å². The summed E-state index contributed by atoms with van der Waals surface area (Å²) in [5.41, 5.74) is 8.35. The lowest BCUT2D eigenvalue weighted by Crippen LogP contribution is -2.20. The van der Waals surface area contributed by atoms with Crippen molar-refractivity contribution in [2.24, 2.45) is 0 Å². The number of nitrogens with one attached hydrogen (secondary N) is 1. The number of anilines is 1. The topological polar surface area (TPSA) is 55.1 Å². The lowest BCUT2D eigenvalue weighted by molar-refractivity contribution is -0.116. The Bertz CT molecular complexity index is 559. The van der Waals surface area contributed by atoms with Gasteiger partial charge in [0, 0.05) is 18.3 Å². The van der Waals surface area contributed by atoms with Gasteiger partial charge in [-0.2, -0.15) is 0 Å². The number of rotatable bonds is 4. The van der Waals surface area contributed by atoms with Crippen LogP contribution in [0.1, 0.15) is 11.1 Å². The molecule has 0 bridgehead atoms. The molecule has 2 aromatic carbocycles. The monoisotopic (exact) mass is 252 g/mol. The van der Waals surface area contributed by atoms with Crippen LogP contribution >= 0.6 is 0 Å². The fraction of sp³-hybridized carbons (Fsp3) is 0.0625. The molecule has 0 aliphatic carbocycles. The van der Waals surface area contributed by atoms with Gasteiger partial charge in [-0.3, -0.25) is 4.79 Å². The van der Waals surface area contributed by atoms with E-state index in [9.17, 15) is 4.79 Å². The van der Waals surface area contributed by atoms with E-state index in [4.69, 9.17) is 5.73 Å². The summed E-state index contributed by atoms with van der Waals surface area (Å²) in [4.78, 5) is 11.6. The second-order valence-corrected chi connectivity index (χ2v) is 4.20. The van der Waals surface area contributed by atoms with Crippen molar-refractivity contribution in [3.8, 4) is 0 Å². The fourth-order valence-corrected chi connectivity index (χ4v) is 1.62. The molecule has 0 radical (unpaired) electrons. The van der Waals surface area contributed by atoms with Crippen LogP contribution in [0.2, 0.25) is 0 Å². The van der Waals surface area contributed by atoms with Gasteiger partial charge in [0.05, 0.1) is 0 Å². The Morgan fingerprint density at radius 1 is 1.05 bits per heavy atom. The second-order valence-electron chi connectivity index (χ2n) is 4.20. The summed E-state index contributed by atoms with van der Waals surface area (Å²) in [7, 11) is 0. The van der Waals surface area contributed by atoms with E-state index in [0.717, 1.165) is 16.8 Å². The van der Waals surface area contributed by atoms with Gasteiger partial charge in [0.1, 0.15) is 0 Å². The van der Waals surface area contributed by atoms with E-state index in [1.54, 1.807) is 6.08 Å². The van der Waals surface area contributed by atoms with Crippen LogP contribution in [0.5, 0.6) is 0 Å². The molecule has 2 aromatic rings. The molecule has 1 amide bonds. The SMILES string of the molecule is Nc1ccc(CNC(=O)/C=C/c2ccccc2)cc1. The molecule has 2 rings (SSSR count). The highest BCUT2D eigenvalue weighted by Crippen LogP contribution is 2.05. The maximum Gasteiger partial charge on any atom is 0.244 e. The van der Waals surface area contributed by atoms with E-state index in [0.29, 0.717) is 6.54 Å². The summed E-state index contributed by atoms with van der Waals surface area (Å²) in [5, 5.41) is 2.82. The number of nitrogens with two attached hydrogens (primary N) is 1. The molecule has 0 saturated carbocycles. The third kappa shape index (κ3) is 4.32. The minimum Gasteiger partial charge on any atom is -0.399 e. The molecular weight excluding hydrogens is 236 g/mol. The molecule has 0 fully saturated rings. The van der Waals surface area contributed by atoms with Gasteiger partial charge in [-0.1, -0.05) is 42.5 Å². The number of carbonyl (C=O) groups excluding carboxylic acids is 1. The maximum atomic E-state index is 11.6. The van der Waals surface area contributed by atoms with Crippen molar-refractivity contribution >= 4 is 17.7 Å². The first-order chi connectivity index (χ1) is 9.24. The summed E-state index contributed by atoms with van der Waals surface area (Å²) in [6, 6.07) is 17.2. The fourth-order valence-electron chi connectivity index (χ4n) is 1.62. The van der Waals surface area contributed by atoms with Crippen molar-refractivity contribution in [1.29, 1.82) is 0 Å². The maximum absolute atomic E-state index is 11.6. The number of hydrogen-bond donors (Lipinski definition) is 2. The van der Waals surface area contributed by atoms with Gasteiger partial charge in [0.15, 0.2) is 0 Å². The standard InChI is InChI=1S/C16H16N2O/c17-15-9-6-14(7-10-15)12-18-16(19)11-8-13-4-2-1-3-5-13/h1-11H,12,17H2,(H,18,19)/b11-8+. The van der Waals surface area contributed by atoms with Crippen LogP contribution in [0.25, 0.3) is 6.08 Å².